The van der Waals surface area contributed by atoms with Crippen LogP contribution in [0.3, 0.4) is 0 Å². The Morgan fingerprint density at radius 1 is 1.08 bits per heavy atom. The van der Waals surface area contributed by atoms with Crippen LogP contribution in [0.25, 0.3) is 10.9 Å². The van der Waals surface area contributed by atoms with Crippen LogP contribution >= 0.6 is 0 Å². The minimum absolute atomic E-state index is 0.0963. The third-order valence-corrected chi connectivity index (χ3v) is 6.69. The van der Waals surface area contributed by atoms with Gasteiger partial charge in [-0.1, -0.05) is 17.7 Å². The molecule has 0 radical (unpaired) electrons. The van der Waals surface area contributed by atoms with Crippen LogP contribution in [0.2, 0.25) is 0 Å². The van der Waals surface area contributed by atoms with E-state index in [9.17, 15) is 4.79 Å². The van der Waals surface area contributed by atoms with Gasteiger partial charge in [0, 0.05) is 30.8 Å². The predicted molar refractivity (Wildman–Crippen MR) is 132 cm³/mol. The summed E-state index contributed by atoms with van der Waals surface area (Å²) in [6.07, 6.45) is 2.19. The second-order valence-corrected chi connectivity index (χ2v) is 9.46. The van der Waals surface area contributed by atoms with E-state index in [4.69, 9.17) is 14.2 Å². The number of tetrazole rings is 1. The molecule has 0 aliphatic carbocycles. The molecule has 1 saturated heterocycles. The fourth-order valence-corrected chi connectivity index (χ4v) is 4.85. The molecule has 6 rings (SSSR count). The highest BCUT2D eigenvalue weighted by atomic mass is 16.7. The van der Waals surface area contributed by atoms with Crippen LogP contribution < -0.4 is 15.0 Å². The van der Waals surface area contributed by atoms with Gasteiger partial charge < -0.3 is 19.2 Å². The normalized spacial score (nSPS) is 16.9. The van der Waals surface area contributed by atoms with E-state index in [1.807, 2.05) is 48.0 Å². The third-order valence-electron chi connectivity index (χ3n) is 6.69. The van der Waals surface area contributed by atoms with E-state index >= 15 is 0 Å². The van der Waals surface area contributed by atoms with Crippen molar-refractivity contribution in [1.82, 2.24) is 30.1 Å². The van der Waals surface area contributed by atoms with Crippen molar-refractivity contribution in [2.45, 2.75) is 52.0 Å². The Bertz CT molecular complexity index is 1440. The monoisotopic (exact) mass is 488 g/mol. The lowest BCUT2D eigenvalue weighted by Crippen LogP contribution is -2.29. The highest BCUT2D eigenvalue weighted by Crippen LogP contribution is 2.33. The first-order chi connectivity index (χ1) is 17.6. The van der Waals surface area contributed by atoms with Gasteiger partial charge in [-0.15, -0.1) is 5.10 Å². The summed E-state index contributed by atoms with van der Waals surface area (Å²) in [5.41, 5.74) is 3.61. The maximum atomic E-state index is 13.0. The molecule has 0 saturated carbocycles. The van der Waals surface area contributed by atoms with Crippen LogP contribution in [0.15, 0.2) is 47.3 Å². The molecule has 4 aromatic rings. The van der Waals surface area contributed by atoms with E-state index in [1.165, 1.54) is 0 Å². The molecule has 0 amide bonds. The minimum Gasteiger partial charge on any atom is -0.454 e. The van der Waals surface area contributed by atoms with Crippen molar-refractivity contribution in [1.29, 1.82) is 0 Å². The SMILES string of the molecule is Cc1ccc2[nH]c(=O)c(CN(Cc3ccc4c(c3)OCO4)Cc3nnnn3C[C@H]3CCCO3)cc2c1. The van der Waals surface area contributed by atoms with Gasteiger partial charge in [-0.05, 0) is 71.5 Å². The third kappa shape index (κ3) is 4.82. The smallest absolute Gasteiger partial charge is 0.252 e. The zero-order chi connectivity index (χ0) is 24.5. The Labute approximate surface area is 207 Å². The molecule has 0 spiro atoms. The summed E-state index contributed by atoms with van der Waals surface area (Å²) in [5.74, 6) is 2.21. The molecule has 2 aliphatic heterocycles. The van der Waals surface area contributed by atoms with Gasteiger partial charge in [0.2, 0.25) is 6.79 Å². The molecule has 0 bridgehead atoms. The van der Waals surface area contributed by atoms with E-state index in [1.54, 1.807) is 0 Å². The van der Waals surface area contributed by atoms with Gasteiger partial charge in [0.1, 0.15) is 0 Å². The summed E-state index contributed by atoms with van der Waals surface area (Å²) >= 11 is 0. The molecule has 4 heterocycles. The number of nitrogens with one attached hydrogen (secondary N) is 1. The summed E-state index contributed by atoms with van der Waals surface area (Å²) in [4.78, 5) is 18.2. The number of aromatic nitrogens is 5. The first kappa shape index (κ1) is 22.7. The molecule has 186 valence electrons. The van der Waals surface area contributed by atoms with Crippen molar-refractivity contribution in [2.24, 2.45) is 0 Å². The first-order valence-corrected chi connectivity index (χ1v) is 12.2. The zero-order valence-electron chi connectivity index (χ0n) is 20.1. The Kier molecular flexibility index (Phi) is 6.12. The molecule has 1 N–H and O–H groups in total. The Balaban J connectivity index is 1.29. The van der Waals surface area contributed by atoms with Crippen LogP contribution in [-0.2, 0) is 30.9 Å². The second kappa shape index (κ2) is 9.71. The number of benzene rings is 2. The summed E-state index contributed by atoms with van der Waals surface area (Å²) in [5, 5.41) is 13.4. The van der Waals surface area contributed by atoms with E-state index in [-0.39, 0.29) is 18.5 Å². The van der Waals surface area contributed by atoms with Crippen molar-refractivity contribution in [3.8, 4) is 11.5 Å². The number of ether oxygens (including phenoxy) is 3. The van der Waals surface area contributed by atoms with Crippen LogP contribution in [0, 0.1) is 6.92 Å². The van der Waals surface area contributed by atoms with Gasteiger partial charge in [-0.25, -0.2) is 4.68 Å². The molecule has 0 unspecified atom stereocenters. The van der Waals surface area contributed by atoms with Gasteiger partial charge in [0.05, 0.1) is 19.2 Å². The largest absolute Gasteiger partial charge is 0.454 e. The van der Waals surface area contributed by atoms with Crippen molar-refractivity contribution in [3.63, 3.8) is 0 Å². The maximum absolute atomic E-state index is 13.0. The van der Waals surface area contributed by atoms with E-state index in [0.29, 0.717) is 31.7 Å². The molecule has 2 aromatic heterocycles. The van der Waals surface area contributed by atoms with E-state index < -0.39 is 0 Å². The Morgan fingerprint density at radius 3 is 2.89 bits per heavy atom. The highest BCUT2D eigenvalue weighted by Gasteiger charge is 2.21. The quantitative estimate of drug-likeness (QED) is 0.403. The second-order valence-electron chi connectivity index (χ2n) is 9.46. The molecule has 1 atom stereocenters. The van der Waals surface area contributed by atoms with Gasteiger partial charge in [0.15, 0.2) is 17.3 Å². The summed E-state index contributed by atoms with van der Waals surface area (Å²) in [6, 6.07) is 13.9. The molecule has 10 heteroatoms. The number of nitrogens with zero attached hydrogens (tertiary/aromatic N) is 5. The molecular formula is C26H28N6O4. The number of rotatable bonds is 8. The van der Waals surface area contributed by atoms with Crippen molar-refractivity contribution in [3.05, 3.63) is 75.3 Å². The van der Waals surface area contributed by atoms with Gasteiger partial charge >= 0.3 is 0 Å². The van der Waals surface area contributed by atoms with E-state index in [2.05, 4.69) is 31.5 Å². The number of hydrogen-bond acceptors (Lipinski definition) is 8. The average Bonchev–Trinajstić information content (AvgIpc) is 3.63. The fraction of sp³-hybridized carbons (Fsp3) is 0.385. The summed E-state index contributed by atoms with van der Waals surface area (Å²) in [6.45, 7) is 5.16. The van der Waals surface area contributed by atoms with Crippen LogP contribution in [0.1, 0.15) is 35.4 Å². The number of pyridine rings is 1. The lowest BCUT2D eigenvalue weighted by atomic mass is 10.1. The van der Waals surface area contributed by atoms with Crippen LogP contribution in [0.4, 0.5) is 0 Å². The predicted octanol–water partition coefficient (Wildman–Crippen LogP) is 2.93. The summed E-state index contributed by atoms with van der Waals surface area (Å²) < 4.78 is 18.6. The number of aromatic amines is 1. The lowest BCUT2D eigenvalue weighted by Gasteiger charge is -2.22. The Morgan fingerprint density at radius 2 is 2.00 bits per heavy atom. The Hall–Kier alpha value is -3.76. The van der Waals surface area contributed by atoms with Crippen molar-refractivity contribution in [2.75, 3.05) is 13.4 Å². The first-order valence-electron chi connectivity index (χ1n) is 12.2. The highest BCUT2D eigenvalue weighted by molar-refractivity contribution is 5.79. The molecule has 10 nitrogen and oxygen atoms in total. The number of aryl methyl sites for hydroxylation is 1. The minimum atomic E-state index is -0.0963. The summed E-state index contributed by atoms with van der Waals surface area (Å²) in [7, 11) is 0. The fourth-order valence-electron chi connectivity index (χ4n) is 4.85. The zero-order valence-corrected chi connectivity index (χ0v) is 20.1. The van der Waals surface area contributed by atoms with E-state index in [0.717, 1.165) is 58.8 Å². The molecule has 2 aliphatic rings. The van der Waals surface area contributed by atoms with Crippen LogP contribution in [0.5, 0.6) is 11.5 Å². The molecule has 36 heavy (non-hydrogen) atoms. The molecular weight excluding hydrogens is 460 g/mol. The standard InChI is InChI=1S/C26H28N6O4/c1-17-4-6-22-19(9-17)11-20(26(33)27-22)13-31(12-18-5-7-23-24(10-18)36-16-35-23)15-25-28-29-30-32(25)14-21-3-2-8-34-21/h4-7,9-11,21H,2-3,8,12-16H2,1H3,(H,27,33)/t21-/m1/s1. The number of H-pyrrole nitrogens is 1. The average molecular weight is 489 g/mol. The van der Waals surface area contributed by atoms with Gasteiger partial charge in [-0.2, -0.15) is 0 Å². The van der Waals surface area contributed by atoms with Crippen molar-refractivity contribution >= 4 is 10.9 Å². The molecule has 1 fully saturated rings. The number of hydrogen-bond donors (Lipinski definition) is 1. The lowest BCUT2D eigenvalue weighted by molar-refractivity contribution is 0.0914. The van der Waals surface area contributed by atoms with Gasteiger partial charge in [0.25, 0.3) is 5.56 Å². The number of fused-ring (bicyclic) bond motifs is 2. The van der Waals surface area contributed by atoms with Crippen LogP contribution in [-0.4, -0.2) is 49.6 Å². The molecule has 2 aromatic carbocycles. The maximum Gasteiger partial charge on any atom is 0.252 e. The van der Waals surface area contributed by atoms with Crippen molar-refractivity contribution < 1.29 is 14.2 Å². The van der Waals surface area contributed by atoms with Gasteiger partial charge in [-0.3, -0.25) is 9.69 Å². The topological polar surface area (TPSA) is 107 Å².